The first-order valence-electron chi connectivity index (χ1n) is 6.60. The molecule has 1 unspecified atom stereocenters. The van der Waals surface area contributed by atoms with Gasteiger partial charge in [-0.1, -0.05) is 52.2 Å². The molecular weight excluding hydrogens is 228 g/mol. The number of carbonyl (C=O) groups excluding carboxylic acids is 2. The Morgan fingerprint density at radius 2 is 2.00 bits per heavy atom. The van der Waals surface area contributed by atoms with Gasteiger partial charge >= 0.3 is 11.9 Å². The number of esters is 2. The van der Waals surface area contributed by atoms with E-state index in [4.69, 9.17) is 0 Å². The predicted octanol–water partition coefficient (Wildman–Crippen LogP) is 3.80. The first-order chi connectivity index (χ1) is 8.54. The van der Waals surface area contributed by atoms with Crippen molar-refractivity contribution in [3.8, 4) is 0 Å². The van der Waals surface area contributed by atoms with Crippen LogP contribution in [0.25, 0.3) is 0 Å². The van der Waals surface area contributed by atoms with Crippen LogP contribution in [-0.4, -0.2) is 11.9 Å². The molecule has 0 spiro atoms. The zero-order valence-corrected chi connectivity index (χ0v) is 11.7. The zero-order chi connectivity index (χ0) is 14.0. The van der Waals surface area contributed by atoms with Crippen LogP contribution in [0, 0.1) is 5.92 Å². The minimum absolute atomic E-state index is 0.486. The number of hydrogen-bond acceptors (Lipinski definition) is 3. The Balaban J connectivity index is 4.26. The Hall–Kier alpha value is -1.38. The van der Waals surface area contributed by atoms with Gasteiger partial charge in [0.15, 0.2) is 0 Å². The van der Waals surface area contributed by atoms with Crippen molar-refractivity contribution in [1.82, 2.24) is 0 Å². The van der Waals surface area contributed by atoms with Crippen LogP contribution in [0.1, 0.15) is 52.9 Å². The summed E-state index contributed by atoms with van der Waals surface area (Å²) in [5.74, 6) is -0.682. The molecule has 0 aliphatic heterocycles. The van der Waals surface area contributed by atoms with Gasteiger partial charge in [0.05, 0.1) is 0 Å². The summed E-state index contributed by atoms with van der Waals surface area (Å²) >= 11 is 0. The van der Waals surface area contributed by atoms with Crippen molar-refractivity contribution in [3.63, 3.8) is 0 Å². The summed E-state index contributed by atoms with van der Waals surface area (Å²) in [5.41, 5.74) is 0.486. The van der Waals surface area contributed by atoms with Gasteiger partial charge in [0.25, 0.3) is 0 Å². The average molecular weight is 252 g/mol. The highest BCUT2D eigenvalue weighted by Crippen LogP contribution is 2.18. The molecule has 102 valence electrons. The van der Waals surface area contributed by atoms with Crippen LogP contribution in [0.2, 0.25) is 0 Å². The van der Waals surface area contributed by atoms with E-state index in [1.54, 1.807) is 6.92 Å². The van der Waals surface area contributed by atoms with Crippen molar-refractivity contribution in [2.24, 2.45) is 5.92 Å². The number of carbonyl (C=O) groups is 2. The van der Waals surface area contributed by atoms with Crippen molar-refractivity contribution in [1.29, 1.82) is 0 Å². The number of ether oxygens (including phenoxy) is 1. The third-order valence-corrected chi connectivity index (χ3v) is 2.98. The zero-order valence-electron chi connectivity index (χ0n) is 11.7. The largest absolute Gasteiger partial charge is 0.386 e. The fourth-order valence-corrected chi connectivity index (χ4v) is 1.62. The molecule has 0 saturated heterocycles. The molecule has 0 aliphatic carbocycles. The van der Waals surface area contributed by atoms with E-state index in [-0.39, 0.29) is 0 Å². The topological polar surface area (TPSA) is 43.4 Å². The molecule has 0 aromatic heterocycles. The maximum absolute atomic E-state index is 11.5. The third-order valence-electron chi connectivity index (χ3n) is 2.98. The monoisotopic (exact) mass is 252 g/mol. The van der Waals surface area contributed by atoms with Gasteiger partial charge in [-0.15, -0.1) is 0 Å². The molecule has 1 atom stereocenters. The highest BCUT2D eigenvalue weighted by Gasteiger charge is 2.10. The lowest BCUT2D eigenvalue weighted by atomic mass is 9.95. The highest BCUT2D eigenvalue weighted by atomic mass is 16.6. The molecule has 0 heterocycles. The second kappa shape index (κ2) is 9.63. The van der Waals surface area contributed by atoms with Gasteiger partial charge in [0.2, 0.25) is 0 Å². The van der Waals surface area contributed by atoms with Crippen LogP contribution in [0.15, 0.2) is 24.3 Å². The Morgan fingerprint density at radius 1 is 1.33 bits per heavy atom. The molecule has 0 radical (unpaired) electrons. The van der Waals surface area contributed by atoms with E-state index in [1.165, 1.54) is 19.3 Å². The number of rotatable bonds is 8. The maximum Gasteiger partial charge on any atom is 0.341 e. The molecule has 3 heteroatoms. The molecule has 0 aromatic carbocycles. The predicted molar refractivity (Wildman–Crippen MR) is 73.0 cm³/mol. The van der Waals surface area contributed by atoms with E-state index < -0.39 is 11.9 Å². The molecule has 0 amide bonds. The van der Waals surface area contributed by atoms with Gasteiger partial charge in [-0.3, -0.25) is 0 Å². The molecule has 0 aromatic rings. The first kappa shape index (κ1) is 16.6. The van der Waals surface area contributed by atoms with Crippen molar-refractivity contribution in [2.45, 2.75) is 52.9 Å². The van der Waals surface area contributed by atoms with Crippen LogP contribution in [-0.2, 0) is 14.3 Å². The average Bonchev–Trinajstić information content (AvgIpc) is 2.38. The lowest BCUT2D eigenvalue weighted by molar-refractivity contribution is -0.153. The highest BCUT2D eigenvalue weighted by molar-refractivity contribution is 5.98. The van der Waals surface area contributed by atoms with Gasteiger partial charge < -0.3 is 4.74 Å². The summed E-state index contributed by atoms with van der Waals surface area (Å²) in [6.45, 7) is 9.25. The van der Waals surface area contributed by atoms with Gasteiger partial charge in [-0.05, 0) is 19.3 Å². The summed E-state index contributed by atoms with van der Waals surface area (Å²) < 4.78 is 4.54. The summed E-state index contributed by atoms with van der Waals surface area (Å²) in [6, 6.07) is 0. The van der Waals surface area contributed by atoms with Gasteiger partial charge in [-0.25, -0.2) is 9.59 Å². The second-order valence-corrected chi connectivity index (χ2v) is 4.45. The van der Waals surface area contributed by atoms with E-state index in [0.717, 1.165) is 18.9 Å². The Labute approximate surface area is 110 Å². The Bertz CT molecular complexity index is 316. The lowest BCUT2D eigenvalue weighted by Crippen LogP contribution is -2.11. The van der Waals surface area contributed by atoms with Crippen LogP contribution >= 0.6 is 0 Å². The summed E-state index contributed by atoms with van der Waals surface area (Å²) in [6.07, 6.45) is 8.39. The minimum atomic E-state index is -0.703. The minimum Gasteiger partial charge on any atom is -0.386 e. The Kier molecular flexibility index (Phi) is 8.89. The molecule has 0 aliphatic rings. The van der Waals surface area contributed by atoms with Crippen molar-refractivity contribution in [3.05, 3.63) is 24.3 Å². The van der Waals surface area contributed by atoms with E-state index in [2.05, 4.69) is 25.2 Å². The van der Waals surface area contributed by atoms with E-state index in [9.17, 15) is 9.59 Å². The first-order valence-corrected chi connectivity index (χ1v) is 6.60. The van der Waals surface area contributed by atoms with E-state index in [1.807, 2.05) is 6.08 Å². The second-order valence-electron chi connectivity index (χ2n) is 4.45. The van der Waals surface area contributed by atoms with Gasteiger partial charge in [0.1, 0.15) is 0 Å². The lowest BCUT2D eigenvalue weighted by Gasteiger charge is -2.11. The quantitative estimate of drug-likeness (QED) is 0.375. The molecule has 0 fully saturated rings. The van der Waals surface area contributed by atoms with E-state index in [0.29, 0.717) is 11.5 Å². The molecule has 0 saturated carbocycles. The van der Waals surface area contributed by atoms with Crippen LogP contribution in [0.4, 0.5) is 0 Å². The normalized spacial score (nSPS) is 12.9. The molecule has 0 N–H and O–H groups in total. The van der Waals surface area contributed by atoms with Crippen LogP contribution in [0.5, 0.6) is 0 Å². The van der Waals surface area contributed by atoms with Crippen LogP contribution in [0.3, 0.4) is 0 Å². The number of unbranched alkanes of at least 4 members (excludes halogenated alkanes) is 1. The van der Waals surface area contributed by atoms with Gasteiger partial charge in [0, 0.05) is 11.6 Å². The van der Waals surface area contributed by atoms with Gasteiger partial charge in [-0.2, -0.15) is 0 Å². The molecule has 0 bridgehead atoms. The fraction of sp³-hybridized carbons (Fsp3) is 0.600. The van der Waals surface area contributed by atoms with E-state index >= 15 is 0 Å². The van der Waals surface area contributed by atoms with Crippen molar-refractivity contribution in [2.75, 3.05) is 0 Å². The molecular formula is C15H24O3. The van der Waals surface area contributed by atoms with Crippen LogP contribution < -0.4 is 0 Å². The number of hydrogen-bond donors (Lipinski definition) is 0. The molecule has 0 rings (SSSR count). The SMILES string of the molecule is C=CC(=O)OC(=O)C(C)=CCC(CC)CCCC. The molecule has 18 heavy (non-hydrogen) atoms. The molecule has 3 nitrogen and oxygen atoms in total. The summed E-state index contributed by atoms with van der Waals surface area (Å²) in [4.78, 5) is 22.3. The smallest absolute Gasteiger partial charge is 0.341 e. The Morgan fingerprint density at radius 3 is 2.50 bits per heavy atom. The van der Waals surface area contributed by atoms with Crippen molar-refractivity contribution < 1.29 is 14.3 Å². The fourth-order valence-electron chi connectivity index (χ4n) is 1.62. The number of allylic oxidation sites excluding steroid dienone is 1. The van der Waals surface area contributed by atoms with Crippen molar-refractivity contribution >= 4 is 11.9 Å². The standard InChI is InChI=1S/C15H24O3/c1-5-8-9-13(6-2)11-10-12(4)15(17)18-14(16)7-3/h7,10,13H,3,5-6,8-9,11H2,1-2,4H3. The third kappa shape index (κ3) is 7.05. The summed E-state index contributed by atoms with van der Waals surface area (Å²) in [7, 11) is 0. The summed E-state index contributed by atoms with van der Waals surface area (Å²) in [5, 5.41) is 0. The maximum atomic E-state index is 11.5.